The predicted molar refractivity (Wildman–Crippen MR) is 53.2 cm³/mol. The van der Waals surface area contributed by atoms with E-state index in [0.29, 0.717) is 0 Å². The minimum Gasteiger partial charge on any atom is -0.497 e. The molecule has 2 rings (SSSR count). The van der Waals surface area contributed by atoms with Crippen LogP contribution in [0.4, 0.5) is 0 Å². The van der Waals surface area contributed by atoms with Gasteiger partial charge in [-0.3, -0.25) is 0 Å². The quantitative estimate of drug-likeness (QED) is 0.621. The van der Waals surface area contributed by atoms with Crippen LogP contribution < -0.4 is 0 Å². The molecule has 0 bridgehead atoms. The van der Waals surface area contributed by atoms with Gasteiger partial charge in [-0.15, -0.1) is 0 Å². The van der Waals surface area contributed by atoms with Crippen LogP contribution in [-0.2, 0) is 9.47 Å². The van der Waals surface area contributed by atoms with Crippen LogP contribution in [0.15, 0.2) is 49.0 Å². The van der Waals surface area contributed by atoms with E-state index < -0.39 is 6.29 Å². The first kappa shape index (κ1) is 12.5. The highest BCUT2D eigenvalue weighted by molar-refractivity contribution is 5.04. The molecule has 0 spiro atoms. The lowest BCUT2D eigenvalue weighted by molar-refractivity contribution is -0.0132. The Morgan fingerprint density at radius 1 is 1.07 bits per heavy atom. The Morgan fingerprint density at radius 2 is 1.86 bits per heavy atom. The normalized spacial score (nSPS) is 21.1. The first-order valence-electron chi connectivity index (χ1n) is 4.00. The van der Waals surface area contributed by atoms with Crippen molar-refractivity contribution in [1.82, 2.24) is 0 Å². The molecule has 1 unspecified atom stereocenters. The monoisotopic (exact) mass is 198 g/mol. The summed E-state index contributed by atoms with van der Waals surface area (Å²) in [5, 5.41) is 8.55. The average Bonchev–Trinajstić information content (AvgIpc) is 2.22. The summed E-state index contributed by atoms with van der Waals surface area (Å²) in [6.07, 6.45) is 13.2. The van der Waals surface area contributed by atoms with E-state index in [2.05, 4.69) is 4.74 Å². The van der Waals surface area contributed by atoms with Gasteiger partial charge in [-0.2, -0.15) is 0 Å². The molecule has 0 saturated carbocycles. The van der Waals surface area contributed by atoms with Crippen molar-refractivity contribution >= 4 is 0 Å². The summed E-state index contributed by atoms with van der Waals surface area (Å²) >= 11 is 0. The van der Waals surface area contributed by atoms with E-state index in [1.54, 1.807) is 24.5 Å². The van der Waals surface area contributed by atoms with E-state index >= 15 is 0 Å². The Labute approximate surface area is 82.8 Å². The molecular formula is C10H14O4. The molecule has 4 heteroatoms. The van der Waals surface area contributed by atoms with Crippen LogP contribution in [0.5, 0.6) is 0 Å². The second kappa shape index (κ2) is 8.10. The highest BCUT2D eigenvalue weighted by Gasteiger charge is 1.94. The molecule has 2 aliphatic rings. The van der Waals surface area contributed by atoms with E-state index in [4.69, 9.17) is 9.84 Å². The van der Waals surface area contributed by atoms with Crippen LogP contribution in [0.3, 0.4) is 0 Å². The second-order valence-corrected chi connectivity index (χ2v) is 2.33. The summed E-state index contributed by atoms with van der Waals surface area (Å²) < 4.78 is 9.37. The number of rotatable bonds is 0. The number of hydrogen-bond acceptors (Lipinski definition) is 3. The third-order valence-electron chi connectivity index (χ3n) is 1.30. The van der Waals surface area contributed by atoms with Crippen molar-refractivity contribution in [1.29, 1.82) is 0 Å². The second-order valence-electron chi connectivity index (χ2n) is 2.33. The maximum Gasteiger partial charge on any atom is 0.216 e. The zero-order valence-electron chi connectivity index (χ0n) is 7.67. The highest BCUT2D eigenvalue weighted by atomic mass is 16.6. The fraction of sp³-hybridized carbons (Fsp3) is 0.200. The van der Waals surface area contributed by atoms with Crippen molar-refractivity contribution in [2.45, 2.75) is 6.29 Å². The average molecular weight is 198 g/mol. The maximum atomic E-state index is 8.55. The Hall–Kier alpha value is -1.52. The van der Waals surface area contributed by atoms with E-state index in [-0.39, 0.29) is 5.48 Å². The van der Waals surface area contributed by atoms with Gasteiger partial charge in [0, 0.05) is 0 Å². The third kappa shape index (κ3) is 6.05. The maximum absolute atomic E-state index is 8.55. The Balaban J connectivity index is 0.000000227. The lowest BCUT2D eigenvalue weighted by Crippen LogP contribution is -2.04. The molecule has 0 aromatic heterocycles. The number of hydrogen-bond donors (Lipinski definition) is 1. The van der Waals surface area contributed by atoms with Crippen molar-refractivity contribution in [3.63, 3.8) is 0 Å². The van der Waals surface area contributed by atoms with E-state index in [0.717, 1.165) is 6.61 Å². The Morgan fingerprint density at radius 3 is 2.07 bits per heavy atom. The summed E-state index contributed by atoms with van der Waals surface area (Å²) in [4.78, 5) is 0. The molecule has 0 radical (unpaired) electrons. The van der Waals surface area contributed by atoms with Gasteiger partial charge in [-0.1, -0.05) is 12.2 Å². The van der Waals surface area contributed by atoms with Crippen molar-refractivity contribution in [3.8, 4) is 0 Å². The standard InChI is InChI=1S/C5H6O2.C5H6O.H2O/c6-5-3-1-2-4-7-5;1-2-4-6-5-3-1;/h1-6H;1-4H,5H2;1H2. The Kier molecular flexibility index (Phi) is 7.22. The first-order chi connectivity index (χ1) is 6.39. The van der Waals surface area contributed by atoms with Gasteiger partial charge in [0.1, 0.15) is 6.61 Å². The van der Waals surface area contributed by atoms with E-state index in [9.17, 15) is 0 Å². The van der Waals surface area contributed by atoms with Gasteiger partial charge in [-0.25, -0.2) is 0 Å². The summed E-state index contributed by atoms with van der Waals surface area (Å²) in [7, 11) is 0. The summed E-state index contributed by atoms with van der Waals surface area (Å²) in [5.74, 6) is 0. The van der Waals surface area contributed by atoms with E-state index in [1.807, 2.05) is 18.2 Å². The molecule has 1 atom stereocenters. The minimum atomic E-state index is -0.731. The molecule has 3 N–H and O–H groups in total. The van der Waals surface area contributed by atoms with Gasteiger partial charge in [-0.05, 0) is 24.3 Å². The number of allylic oxidation sites excluding steroid dienone is 4. The highest BCUT2D eigenvalue weighted by Crippen LogP contribution is 1.96. The molecule has 14 heavy (non-hydrogen) atoms. The smallest absolute Gasteiger partial charge is 0.216 e. The molecule has 78 valence electrons. The molecule has 2 heterocycles. The molecule has 0 aromatic rings. The fourth-order valence-corrected chi connectivity index (χ4v) is 0.722. The predicted octanol–water partition coefficient (Wildman–Crippen LogP) is 0.667. The zero-order chi connectivity index (χ0) is 9.36. The van der Waals surface area contributed by atoms with Gasteiger partial charge >= 0.3 is 0 Å². The van der Waals surface area contributed by atoms with Gasteiger partial charge in [0.15, 0.2) is 0 Å². The fourth-order valence-electron chi connectivity index (χ4n) is 0.722. The van der Waals surface area contributed by atoms with Crippen molar-refractivity contribution < 1.29 is 20.1 Å². The third-order valence-corrected chi connectivity index (χ3v) is 1.30. The minimum absolute atomic E-state index is 0. The van der Waals surface area contributed by atoms with Crippen molar-refractivity contribution in [2.24, 2.45) is 0 Å². The topological polar surface area (TPSA) is 70.2 Å². The van der Waals surface area contributed by atoms with Crippen LogP contribution in [0.2, 0.25) is 0 Å². The number of aliphatic hydroxyl groups excluding tert-OH is 1. The SMILES string of the molecule is C1=CCOC=C1.O.OC1C=CC=CO1. The summed E-state index contributed by atoms with van der Waals surface area (Å²) in [6, 6.07) is 0. The van der Waals surface area contributed by atoms with Crippen LogP contribution in [0.25, 0.3) is 0 Å². The number of ether oxygens (including phenoxy) is 2. The van der Waals surface area contributed by atoms with Crippen molar-refractivity contribution in [3.05, 3.63) is 49.0 Å². The van der Waals surface area contributed by atoms with E-state index in [1.165, 1.54) is 6.26 Å². The molecule has 4 nitrogen and oxygen atoms in total. The molecule has 0 saturated heterocycles. The Bertz CT molecular complexity index is 229. The van der Waals surface area contributed by atoms with Crippen molar-refractivity contribution in [2.75, 3.05) is 6.61 Å². The molecular weight excluding hydrogens is 184 g/mol. The first-order valence-corrected chi connectivity index (χ1v) is 4.00. The van der Waals surface area contributed by atoms with Crippen LogP contribution >= 0.6 is 0 Å². The molecule has 0 aromatic carbocycles. The lowest BCUT2D eigenvalue weighted by Gasteiger charge is -2.05. The molecule has 0 fully saturated rings. The number of aliphatic hydroxyl groups is 1. The van der Waals surface area contributed by atoms with Crippen LogP contribution in [0.1, 0.15) is 0 Å². The molecule has 2 aliphatic heterocycles. The van der Waals surface area contributed by atoms with Gasteiger partial charge in [0.05, 0.1) is 12.5 Å². The van der Waals surface area contributed by atoms with Crippen LogP contribution in [-0.4, -0.2) is 23.5 Å². The van der Waals surface area contributed by atoms with Crippen LogP contribution in [0, 0.1) is 0 Å². The largest absolute Gasteiger partial charge is 0.497 e. The summed E-state index contributed by atoms with van der Waals surface area (Å²) in [5.41, 5.74) is 0. The lowest BCUT2D eigenvalue weighted by atomic mass is 10.4. The summed E-state index contributed by atoms with van der Waals surface area (Å²) in [6.45, 7) is 0.733. The molecule has 0 aliphatic carbocycles. The van der Waals surface area contributed by atoms with Gasteiger partial charge < -0.3 is 20.1 Å². The zero-order valence-corrected chi connectivity index (χ0v) is 7.67. The molecule has 0 amide bonds. The van der Waals surface area contributed by atoms with Gasteiger partial charge in [0.2, 0.25) is 6.29 Å². The van der Waals surface area contributed by atoms with Gasteiger partial charge in [0.25, 0.3) is 0 Å².